The van der Waals surface area contributed by atoms with Gasteiger partial charge in [-0.1, -0.05) is 32.4 Å². The number of nitrogens with one attached hydrogen (secondary N) is 1. The van der Waals surface area contributed by atoms with Crippen LogP contribution >= 0.6 is 11.6 Å². The van der Waals surface area contributed by atoms with Crippen LogP contribution in [0.2, 0.25) is 5.02 Å². The van der Waals surface area contributed by atoms with Gasteiger partial charge in [0.15, 0.2) is 0 Å². The molecule has 20 heavy (non-hydrogen) atoms. The van der Waals surface area contributed by atoms with Gasteiger partial charge in [-0.2, -0.15) is 0 Å². The zero-order valence-corrected chi connectivity index (χ0v) is 13.2. The fraction of sp³-hybridized carbons (Fsp3) is 0.533. The van der Waals surface area contributed by atoms with E-state index < -0.39 is 0 Å². The summed E-state index contributed by atoms with van der Waals surface area (Å²) in [6.45, 7) is 9.16. The van der Waals surface area contributed by atoms with Crippen molar-refractivity contribution in [2.24, 2.45) is 5.92 Å². The van der Waals surface area contributed by atoms with Gasteiger partial charge in [0.2, 0.25) is 5.91 Å². The van der Waals surface area contributed by atoms with Crippen molar-refractivity contribution >= 4 is 28.9 Å². The molecule has 0 saturated carbocycles. The molecule has 0 radical (unpaired) electrons. The number of halogens is 1. The number of nitrogen functional groups attached to an aromatic ring is 1. The molecule has 5 heteroatoms. The van der Waals surface area contributed by atoms with Gasteiger partial charge in [0, 0.05) is 24.5 Å². The first kappa shape index (κ1) is 16.8. The van der Waals surface area contributed by atoms with Gasteiger partial charge in [-0.15, -0.1) is 0 Å². The van der Waals surface area contributed by atoms with E-state index in [0.29, 0.717) is 28.7 Å². The molecule has 3 N–H and O–H groups in total. The summed E-state index contributed by atoms with van der Waals surface area (Å²) in [5, 5.41) is 3.37. The lowest BCUT2D eigenvalue weighted by atomic mass is 10.2. The first-order chi connectivity index (χ1) is 9.42. The molecule has 112 valence electrons. The third-order valence-corrected chi connectivity index (χ3v) is 3.25. The first-order valence-corrected chi connectivity index (χ1v) is 7.37. The highest BCUT2D eigenvalue weighted by Crippen LogP contribution is 2.22. The van der Waals surface area contributed by atoms with E-state index in [1.807, 2.05) is 0 Å². The SMILES string of the molecule is CCN(CCC(=O)Nc1cc(Cl)ccc1N)CC(C)C. The lowest BCUT2D eigenvalue weighted by molar-refractivity contribution is -0.116. The van der Waals surface area contributed by atoms with Crippen molar-refractivity contribution in [1.82, 2.24) is 4.90 Å². The zero-order chi connectivity index (χ0) is 15.1. The fourth-order valence-electron chi connectivity index (χ4n) is 2.00. The van der Waals surface area contributed by atoms with Crippen molar-refractivity contribution in [3.8, 4) is 0 Å². The molecule has 1 amide bonds. The average molecular weight is 298 g/mol. The number of carbonyl (C=O) groups is 1. The van der Waals surface area contributed by atoms with Crippen LogP contribution in [0.15, 0.2) is 18.2 Å². The predicted molar refractivity (Wildman–Crippen MR) is 86.1 cm³/mol. The molecule has 0 bridgehead atoms. The molecule has 0 unspecified atom stereocenters. The van der Waals surface area contributed by atoms with Crippen molar-refractivity contribution in [1.29, 1.82) is 0 Å². The Morgan fingerprint density at radius 2 is 2.15 bits per heavy atom. The second-order valence-corrected chi connectivity index (χ2v) is 5.75. The molecule has 0 aliphatic carbocycles. The van der Waals surface area contributed by atoms with E-state index in [0.717, 1.165) is 19.6 Å². The Labute approximate surface area is 126 Å². The lowest BCUT2D eigenvalue weighted by Crippen LogP contribution is -2.31. The Morgan fingerprint density at radius 3 is 2.75 bits per heavy atom. The summed E-state index contributed by atoms with van der Waals surface area (Å²) in [6.07, 6.45) is 0.451. The molecule has 0 aliphatic heterocycles. The second kappa shape index (κ2) is 8.12. The van der Waals surface area contributed by atoms with E-state index in [1.54, 1.807) is 18.2 Å². The van der Waals surface area contributed by atoms with E-state index >= 15 is 0 Å². The van der Waals surface area contributed by atoms with Crippen LogP contribution in [0.3, 0.4) is 0 Å². The van der Waals surface area contributed by atoms with Crippen LogP contribution in [-0.2, 0) is 4.79 Å². The molecule has 0 aromatic heterocycles. The smallest absolute Gasteiger partial charge is 0.225 e. The van der Waals surface area contributed by atoms with Crippen LogP contribution < -0.4 is 11.1 Å². The molecular formula is C15H24ClN3O. The number of rotatable bonds is 7. The summed E-state index contributed by atoms with van der Waals surface area (Å²) in [5.41, 5.74) is 6.91. The highest BCUT2D eigenvalue weighted by Gasteiger charge is 2.10. The molecule has 0 fully saturated rings. The highest BCUT2D eigenvalue weighted by molar-refractivity contribution is 6.31. The molecule has 1 aromatic carbocycles. The van der Waals surface area contributed by atoms with E-state index in [1.165, 1.54) is 0 Å². The summed E-state index contributed by atoms with van der Waals surface area (Å²) >= 11 is 5.89. The summed E-state index contributed by atoms with van der Waals surface area (Å²) in [5.74, 6) is 0.558. The topological polar surface area (TPSA) is 58.4 Å². The Kier molecular flexibility index (Phi) is 6.82. The van der Waals surface area contributed by atoms with Crippen LogP contribution in [0.5, 0.6) is 0 Å². The largest absolute Gasteiger partial charge is 0.397 e. The minimum absolute atomic E-state index is 0.0406. The normalized spacial score (nSPS) is 11.1. The fourth-order valence-corrected chi connectivity index (χ4v) is 2.18. The van der Waals surface area contributed by atoms with Crippen LogP contribution in [0, 0.1) is 5.92 Å². The zero-order valence-electron chi connectivity index (χ0n) is 12.4. The molecule has 1 rings (SSSR count). The van der Waals surface area contributed by atoms with Gasteiger partial charge in [-0.05, 0) is 30.7 Å². The Bertz CT molecular complexity index is 449. The minimum Gasteiger partial charge on any atom is -0.397 e. The van der Waals surface area contributed by atoms with Crippen LogP contribution in [-0.4, -0.2) is 30.4 Å². The quantitative estimate of drug-likeness (QED) is 0.760. The van der Waals surface area contributed by atoms with Crippen molar-refractivity contribution in [2.75, 3.05) is 30.7 Å². The molecule has 0 heterocycles. The van der Waals surface area contributed by atoms with Crippen molar-refractivity contribution in [3.05, 3.63) is 23.2 Å². The van der Waals surface area contributed by atoms with Gasteiger partial charge < -0.3 is 16.0 Å². The number of benzene rings is 1. The van der Waals surface area contributed by atoms with E-state index in [2.05, 4.69) is 31.0 Å². The number of nitrogens with two attached hydrogens (primary N) is 1. The van der Waals surface area contributed by atoms with Gasteiger partial charge in [0.25, 0.3) is 0 Å². The standard InChI is InChI=1S/C15H24ClN3O/c1-4-19(10-11(2)3)8-7-15(20)18-14-9-12(16)5-6-13(14)17/h5-6,9,11H,4,7-8,10,17H2,1-3H3,(H,18,20). The summed E-state index contributed by atoms with van der Waals surface area (Å²) in [7, 11) is 0. The van der Waals surface area contributed by atoms with Gasteiger partial charge in [0.1, 0.15) is 0 Å². The first-order valence-electron chi connectivity index (χ1n) is 6.99. The van der Waals surface area contributed by atoms with Crippen molar-refractivity contribution in [3.63, 3.8) is 0 Å². The molecular weight excluding hydrogens is 274 g/mol. The van der Waals surface area contributed by atoms with E-state index in [-0.39, 0.29) is 5.91 Å². The maximum atomic E-state index is 11.9. The number of hydrogen-bond donors (Lipinski definition) is 2. The second-order valence-electron chi connectivity index (χ2n) is 5.32. The maximum Gasteiger partial charge on any atom is 0.225 e. The molecule has 0 spiro atoms. The van der Waals surface area contributed by atoms with E-state index in [4.69, 9.17) is 17.3 Å². The van der Waals surface area contributed by atoms with Gasteiger partial charge >= 0.3 is 0 Å². The van der Waals surface area contributed by atoms with Gasteiger partial charge in [0.05, 0.1) is 11.4 Å². The van der Waals surface area contributed by atoms with Gasteiger partial charge in [-0.25, -0.2) is 0 Å². The molecule has 4 nitrogen and oxygen atoms in total. The number of carbonyl (C=O) groups excluding carboxylic acids is 1. The summed E-state index contributed by atoms with van der Waals surface area (Å²) in [4.78, 5) is 14.2. The number of amides is 1. The molecule has 0 aliphatic rings. The Hall–Kier alpha value is -1.26. The maximum absolute atomic E-state index is 11.9. The third-order valence-electron chi connectivity index (χ3n) is 3.02. The van der Waals surface area contributed by atoms with E-state index in [9.17, 15) is 4.79 Å². The van der Waals surface area contributed by atoms with Crippen molar-refractivity contribution in [2.45, 2.75) is 27.2 Å². The Balaban J connectivity index is 2.49. The van der Waals surface area contributed by atoms with Crippen molar-refractivity contribution < 1.29 is 4.79 Å². The van der Waals surface area contributed by atoms with Gasteiger partial charge in [-0.3, -0.25) is 4.79 Å². The number of nitrogens with zero attached hydrogens (tertiary/aromatic N) is 1. The highest BCUT2D eigenvalue weighted by atomic mass is 35.5. The molecule has 0 atom stereocenters. The molecule has 0 saturated heterocycles. The lowest BCUT2D eigenvalue weighted by Gasteiger charge is -2.22. The monoisotopic (exact) mass is 297 g/mol. The molecule has 1 aromatic rings. The predicted octanol–water partition coefficient (Wildman–Crippen LogP) is 3.23. The number of anilines is 2. The summed E-state index contributed by atoms with van der Waals surface area (Å²) < 4.78 is 0. The Morgan fingerprint density at radius 1 is 1.45 bits per heavy atom. The van der Waals surface area contributed by atoms with Crippen LogP contribution in [0.25, 0.3) is 0 Å². The minimum atomic E-state index is -0.0406. The number of hydrogen-bond acceptors (Lipinski definition) is 3. The van der Waals surface area contributed by atoms with Crippen LogP contribution in [0.4, 0.5) is 11.4 Å². The third kappa shape index (κ3) is 5.80. The average Bonchev–Trinajstić information content (AvgIpc) is 2.38. The summed E-state index contributed by atoms with van der Waals surface area (Å²) in [6, 6.07) is 5.06. The van der Waals surface area contributed by atoms with Crippen LogP contribution in [0.1, 0.15) is 27.2 Å².